The van der Waals surface area contributed by atoms with E-state index in [-0.39, 0.29) is 5.97 Å². The van der Waals surface area contributed by atoms with Gasteiger partial charge in [0.1, 0.15) is 0 Å². The molecule has 90 valence electrons. The van der Waals surface area contributed by atoms with Crippen molar-refractivity contribution in [1.29, 1.82) is 0 Å². The number of benzene rings is 1. The lowest BCUT2D eigenvalue weighted by Crippen LogP contribution is -2.06. The maximum Gasteiger partial charge on any atom is 0.333 e. The highest BCUT2D eigenvalue weighted by molar-refractivity contribution is 5.89. The zero-order valence-corrected chi connectivity index (χ0v) is 10.6. The van der Waals surface area contributed by atoms with Crippen LogP contribution in [-0.2, 0) is 9.53 Å². The summed E-state index contributed by atoms with van der Waals surface area (Å²) in [5, 5.41) is 0. The Kier molecular flexibility index (Phi) is 5.21. The number of carbonyl (C=O) groups excluding carboxylic acids is 1. The van der Waals surface area contributed by atoms with Crippen LogP contribution in [0.5, 0.6) is 0 Å². The summed E-state index contributed by atoms with van der Waals surface area (Å²) in [6, 6.07) is 9.98. The second-order valence-electron chi connectivity index (χ2n) is 3.77. The van der Waals surface area contributed by atoms with Gasteiger partial charge in [-0.15, -0.1) is 0 Å². The maximum atomic E-state index is 11.5. The van der Waals surface area contributed by atoms with E-state index in [1.54, 1.807) is 13.8 Å². The van der Waals surface area contributed by atoms with Gasteiger partial charge in [0.15, 0.2) is 0 Å². The van der Waals surface area contributed by atoms with Crippen LogP contribution in [0.25, 0.3) is 6.08 Å². The number of ether oxygens (including phenoxy) is 1. The van der Waals surface area contributed by atoms with Crippen molar-refractivity contribution in [1.82, 2.24) is 0 Å². The Morgan fingerprint density at radius 3 is 2.47 bits per heavy atom. The largest absolute Gasteiger partial charge is 0.463 e. The van der Waals surface area contributed by atoms with Gasteiger partial charge in [0.25, 0.3) is 0 Å². The first-order valence-electron chi connectivity index (χ1n) is 5.73. The van der Waals surface area contributed by atoms with Crippen molar-refractivity contribution in [2.45, 2.75) is 20.8 Å². The molecule has 0 aromatic heterocycles. The van der Waals surface area contributed by atoms with Gasteiger partial charge in [0.2, 0.25) is 0 Å². The second kappa shape index (κ2) is 6.69. The van der Waals surface area contributed by atoms with E-state index in [2.05, 4.69) is 0 Å². The van der Waals surface area contributed by atoms with E-state index in [0.29, 0.717) is 12.2 Å². The van der Waals surface area contributed by atoms with Crippen LogP contribution >= 0.6 is 0 Å². The lowest BCUT2D eigenvalue weighted by atomic mass is 10.1. The molecule has 0 atom stereocenters. The highest BCUT2D eigenvalue weighted by atomic mass is 16.5. The van der Waals surface area contributed by atoms with E-state index in [4.69, 9.17) is 4.74 Å². The lowest BCUT2D eigenvalue weighted by molar-refractivity contribution is -0.138. The van der Waals surface area contributed by atoms with Gasteiger partial charge in [-0.2, -0.15) is 0 Å². The fraction of sp³-hybridized carbons (Fsp3) is 0.267. The summed E-state index contributed by atoms with van der Waals surface area (Å²) in [7, 11) is 0. The van der Waals surface area contributed by atoms with Crippen LogP contribution in [0.4, 0.5) is 0 Å². The number of esters is 1. The highest BCUT2D eigenvalue weighted by Gasteiger charge is 2.06. The van der Waals surface area contributed by atoms with E-state index in [1.807, 2.05) is 49.4 Å². The summed E-state index contributed by atoms with van der Waals surface area (Å²) in [4.78, 5) is 11.5. The average molecular weight is 230 g/mol. The summed E-state index contributed by atoms with van der Waals surface area (Å²) < 4.78 is 4.95. The summed E-state index contributed by atoms with van der Waals surface area (Å²) in [6.45, 7) is 5.90. The van der Waals surface area contributed by atoms with Gasteiger partial charge in [-0.05, 0) is 31.9 Å². The molecule has 0 unspecified atom stereocenters. The van der Waals surface area contributed by atoms with Gasteiger partial charge in [-0.25, -0.2) is 4.79 Å². The zero-order chi connectivity index (χ0) is 12.7. The molecular formula is C15H18O2. The maximum absolute atomic E-state index is 11.5. The van der Waals surface area contributed by atoms with Crippen molar-refractivity contribution in [2.75, 3.05) is 6.61 Å². The fourth-order valence-electron chi connectivity index (χ4n) is 1.31. The van der Waals surface area contributed by atoms with Crippen LogP contribution in [0.15, 0.2) is 47.6 Å². The number of rotatable bonds is 4. The third-order valence-electron chi connectivity index (χ3n) is 2.50. The van der Waals surface area contributed by atoms with Gasteiger partial charge >= 0.3 is 5.97 Å². The first-order valence-corrected chi connectivity index (χ1v) is 5.73. The monoisotopic (exact) mass is 230 g/mol. The first kappa shape index (κ1) is 13.2. The molecule has 0 saturated heterocycles. The van der Waals surface area contributed by atoms with Crippen LogP contribution in [0.2, 0.25) is 0 Å². The second-order valence-corrected chi connectivity index (χ2v) is 3.77. The van der Waals surface area contributed by atoms with Crippen LogP contribution < -0.4 is 0 Å². The molecule has 0 spiro atoms. The molecule has 0 N–H and O–H groups in total. The molecule has 1 aromatic rings. The van der Waals surface area contributed by atoms with E-state index >= 15 is 0 Å². The van der Waals surface area contributed by atoms with E-state index < -0.39 is 0 Å². The number of allylic oxidation sites excluding steroid dienone is 2. The van der Waals surface area contributed by atoms with Crippen molar-refractivity contribution < 1.29 is 9.53 Å². The van der Waals surface area contributed by atoms with Gasteiger partial charge in [-0.1, -0.05) is 42.5 Å². The van der Waals surface area contributed by atoms with Crippen molar-refractivity contribution in [2.24, 2.45) is 0 Å². The quantitative estimate of drug-likeness (QED) is 0.449. The van der Waals surface area contributed by atoms with Crippen LogP contribution in [0.1, 0.15) is 26.3 Å². The number of hydrogen-bond donors (Lipinski definition) is 0. The number of hydrogen-bond acceptors (Lipinski definition) is 2. The van der Waals surface area contributed by atoms with Gasteiger partial charge < -0.3 is 4.74 Å². The van der Waals surface area contributed by atoms with E-state index in [0.717, 1.165) is 11.1 Å². The lowest BCUT2D eigenvalue weighted by Gasteiger charge is -2.03. The molecule has 0 saturated carbocycles. The van der Waals surface area contributed by atoms with Crippen molar-refractivity contribution in [3.8, 4) is 0 Å². The van der Waals surface area contributed by atoms with Crippen LogP contribution in [0, 0.1) is 0 Å². The normalized spacial score (nSPS) is 12.4. The van der Waals surface area contributed by atoms with E-state index in [9.17, 15) is 4.79 Å². The van der Waals surface area contributed by atoms with Gasteiger partial charge in [0.05, 0.1) is 6.61 Å². The molecule has 0 aliphatic rings. The third kappa shape index (κ3) is 4.27. The van der Waals surface area contributed by atoms with Gasteiger partial charge in [0, 0.05) is 5.57 Å². The molecule has 0 amide bonds. The van der Waals surface area contributed by atoms with Gasteiger partial charge in [-0.3, -0.25) is 0 Å². The molecule has 0 fully saturated rings. The molecule has 1 aromatic carbocycles. The summed E-state index contributed by atoms with van der Waals surface area (Å²) in [6.07, 6.45) is 3.92. The standard InChI is InChI=1S/C15H18O2/c1-4-17-15(16)13(3)12(2)10-11-14-8-6-5-7-9-14/h5-11H,4H2,1-3H3/b11-10+,13-12+. The summed E-state index contributed by atoms with van der Waals surface area (Å²) in [5.74, 6) is -0.247. The molecule has 0 aliphatic heterocycles. The van der Waals surface area contributed by atoms with Crippen LogP contribution in [-0.4, -0.2) is 12.6 Å². The number of carbonyl (C=O) groups is 1. The highest BCUT2D eigenvalue weighted by Crippen LogP contribution is 2.10. The average Bonchev–Trinajstić information content (AvgIpc) is 2.36. The smallest absolute Gasteiger partial charge is 0.333 e. The van der Waals surface area contributed by atoms with Crippen molar-refractivity contribution in [3.63, 3.8) is 0 Å². The molecule has 0 heterocycles. The van der Waals surface area contributed by atoms with Crippen LogP contribution in [0.3, 0.4) is 0 Å². The molecule has 0 radical (unpaired) electrons. The molecule has 0 bridgehead atoms. The Labute approximate surface area is 103 Å². The Balaban J connectivity index is 2.77. The summed E-state index contributed by atoms with van der Waals surface area (Å²) in [5.41, 5.74) is 2.69. The zero-order valence-electron chi connectivity index (χ0n) is 10.6. The molecular weight excluding hydrogens is 212 g/mol. The Morgan fingerprint density at radius 1 is 1.24 bits per heavy atom. The molecule has 17 heavy (non-hydrogen) atoms. The first-order chi connectivity index (χ1) is 8.15. The minimum absolute atomic E-state index is 0.247. The molecule has 0 aliphatic carbocycles. The van der Waals surface area contributed by atoms with Crippen molar-refractivity contribution in [3.05, 3.63) is 53.1 Å². The predicted molar refractivity (Wildman–Crippen MR) is 70.5 cm³/mol. The molecule has 2 nitrogen and oxygen atoms in total. The Hall–Kier alpha value is -1.83. The Morgan fingerprint density at radius 2 is 1.88 bits per heavy atom. The SMILES string of the molecule is CCOC(=O)/C(C)=C(C)/C=C/c1ccccc1. The van der Waals surface area contributed by atoms with E-state index in [1.165, 1.54) is 0 Å². The van der Waals surface area contributed by atoms with Crippen molar-refractivity contribution >= 4 is 12.0 Å². The predicted octanol–water partition coefficient (Wildman–Crippen LogP) is 3.60. The molecule has 1 rings (SSSR count). The topological polar surface area (TPSA) is 26.3 Å². The third-order valence-corrected chi connectivity index (χ3v) is 2.50. The minimum Gasteiger partial charge on any atom is -0.463 e. The minimum atomic E-state index is -0.247. The fourth-order valence-corrected chi connectivity index (χ4v) is 1.31. The summed E-state index contributed by atoms with van der Waals surface area (Å²) >= 11 is 0. The Bertz CT molecular complexity index is 427. The molecule has 2 heteroatoms.